The Hall–Kier alpha value is -1.46. The molecule has 0 spiro atoms. The number of carbonyl (C=O) groups excluding carboxylic acids is 1. The molecule has 1 aromatic rings. The average molecular weight is 353 g/mol. The summed E-state index contributed by atoms with van der Waals surface area (Å²) in [5.74, 6) is 0.807. The fourth-order valence-electron chi connectivity index (χ4n) is 0.954. The first-order valence-corrected chi connectivity index (χ1v) is 9.52. The molecular formula is C18H28N2OS2. The summed E-state index contributed by atoms with van der Waals surface area (Å²) in [5, 5.41) is 3.21. The van der Waals surface area contributed by atoms with Gasteiger partial charge in [0.2, 0.25) is 6.41 Å². The Morgan fingerprint density at radius 1 is 1.26 bits per heavy atom. The summed E-state index contributed by atoms with van der Waals surface area (Å²) < 4.78 is 4.08. The Morgan fingerprint density at radius 2 is 1.83 bits per heavy atom. The Morgan fingerprint density at radius 3 is 2.22 bits per heavy atom. The monoisotopic (exact) mass is 352 g/mol. The van der Waals surface area contributed by atoms with Crippen LogP contribution in [0.3, 0.4) is 0 Å². The second kappa shape index (κ2) is 20.5. The zero-order valence-electron chi connectivity index (χ0n) is 14.5. The number of hydrogen-bond donors (Lipinski definition) is 1. The SMILES string of the molecule is C/C=C/C.C=CCC.CS/N=C(\NC=O)SCc1ccccc1. The van der Waals surface area contributed by atoms with Crippen LogP contribution in [0, 0.1) is 0 Å². The van der Waals surface area contributed by atoms with Gasteiger partial charge in [0.15, 0.2) is 5.17 Å². The third-order valence-electron chi connectivity index (χ3n) is 2.20. The molecule has 1 amide bonds. The van der Waals surface area contributed by atoms with E-state index in [-0.39, 0.29) is 0 Å². The van der Waals surface area contributed by atoms with E-state index in [1.165, 1.54) is 29.3 Å². The first-order valence-electron chi connectivity index (χ1n) is 7.36. The lowest BCUT2D eigenvalue weighted by Crippen LogP contribution is -2.17. The first-order chi connectivity index (χ1) is 11.2. The minimum atomic E-state index is 0.640. The van der Waals surface area contributed by atoms with Gasteiger partial charge in [-0.2, -0.15) is 4.40 Å². The van der Waals surface area contributed by atoms with E-state index < -0.39 is 0 Å². The van der Waals surface area contributed by atoms with E-state index in [0.717, 1.165) is 12.2 Å². The van der Waals surface area contributed by atoms with E-state index in [1.54, 1.807) is 0 Å². The Labute approximate surface area is 149 Å². The number of nitrogens with one attached hydrogen (secondary N) is 1. The highest BCUT2D eigenvalue weighted by atomic mass is 32.2. The molecule has 0 saturated heterocycles. The Kier molecular flexibility index (Phi) is 21.3. The predicted molar refractivity (Wildman–Crippen MR) is 109 cm³/mol. The standard InChI is InChI=1S/C10H12N2OS2.2C4H8/c1-14-12-10(11-8-13)15-7-9-5-3-2-4-6-9;2*1-3-4-2/h2-6,8H,7H2,1H3,(H,11,12,13);3-4H,1-2H3;3H,1,4H2,2H3/b;4-3+;. The van der Waals surface area contributed by atoms with Crippen molar-refractivity contribution in [2.45, 2.75) is 32.9 Å². The smallest absolute Gasteiger partial charge is 0.213 e. The maximum atomic E-state index is 10.3. The van der Waals surface area contributed by atoms with Crippen LogP contribution in [0.1, 0.15) is 32.8 Å². The van der Waals surface area contributed by atoms with Crippen LogP contribution in [0.15, 0.2) is 59.5 Å². The molecule has 1 aromatic carbocycles. The molecule has 128 valence electrons. The van der Waals surface area contributed by atoms with Gasteiger partial charge in [0, 0.05) is 12.0 Å². The van der Waals surface area contributed by atoms with Crippen molar-refractivity contribution in [3.05, 3.63) is 60.7 Å². The van der Waals surface area contributed by atoms with Crippen molar-refractivity contribution in [1.82, 2.24) is 5.32 Å². The number of amidine groups is 1. The molecule has 0 unspecified atom stereocenters. The molecule has 1 rings (SSSR count). The molecule has 0 heterocycles. The number of rotatable bonds is 5. The van der Waals surface area contributed by atoms with Crippen LogP contribution in [0.4, 0.5) is 0 Å². The molecular weight excluding hydrogens is 324 g/mol. The molecule has 0 atom stereocenters. The molecule has 0 bridgehead atoms. The van der Waals surface area contributed by atoms with Gasteiger partial charge in [0.05, 0.1) is 0 Å². The Balaban J connectivity index is 0. The van der Waals surface area contributed by atoms with Crippen molar-refractivity contribution < 1.29 is 4.79 Å². The van der Waals surface area contributed by atoms with Gasteiger partial charge < -0.3 is 5.32 Å². The number of allylic oxidation sites excluding steroid dienone is 3. The minimum Gasteiger partial charge on any atom is -0.307 e. The second-order valence-corrected chi connectivity index (χ2v) is 5.49. The summed E-state index contributed by atoms with van der Waals surface area (Å²) in [5.41, 5.74) is 1.21. The molecule has 23 heavy (non-hydrogen) atoms. The third kappa shape index (κ3) is 18.5. The molecule has 0 aliphatic rings. The zero-order valence-corrected chi connectivity index (χ0v) is 16.1. The van der Waals surface area contributed by atoms with Gasteiger partial charge in [-0.1, -0.05) is 67.2 Å². The van der Waals surface area contributed by atoms with Crippen LogP contribution in [0.5, 0.6) is 0 Å². The van der Waals surface area contributed by atoms with Crippen LogP contribution in [0.25, 0.3) is 0 Å². The van der Waals surface area contributed by atoms with Crippen molar-refractivity contribution in [2.75, 3.05) is 6.26 Å². The van der Waals surface area contributed by atoms with Crippen LogP contribution in [0.2, 0.25) is 0 Å². The van der Waals surface area contributed by atoms with Crippen molar-refractivity contribution >= 4 is 35.3 Å². The summed E-state index contributed by atoms with van der Waals surface area (Å²) in [6.45, 7) is 9.54. The maximum Gasteiger partial charge on any atom is 0.213 e. The normalized spacial score (nSPS) is 10.0. The summed E-state index contributed by atoms with van der Waals surface area (Å²) in [6, 6.07) is 10.1. The fraction of sp³-hybridized carbons (Fsp3) is 0.333. The first kappa shape index (κ1) is 23.8. The zero-order chi connectivity index (χ0) is 17.8. The molecule has 0 aromatic heterocycles. The van der Waals surface area contributed by atoms with Gasteiger partial charge in [-0.15, -0.1) is 6.58 Å². The highest BCUT2D eigenvalue weighted by Crippen LogP contribution is 2.13. The van der Waals surface area contributed by atoms with Crippen molar-refractivity contribution in [1.29, 1.82) is 0 Å². The lowest BCUT2D eigenvalue weighted by atomic mass is 10.2. The number of carbonyl (C=O) groups is 1. The van der Waals surface area contributed by atoms with E-state index in [4.69, 9.17) is 0 Å². The van der Waals surface area contributed by atoms with E-state index >= 15 is 0 Å². The molecule has 5 heteroatoms. The van der Waals surface area contributed by atoms with Gasteiger partial charge in [0.1, 0.15) is 0 Å². The quantitative estimate of drug-likeness (QED) is 0.251. The van der Waals surface area contributed by atoms with Crippen LogP contribution >= 0.6 is 23.7 Å². The number of amides is 1. The summed E-state index contributed by atoms with van der Waals surface area (Å²) in [7, 11) is 0. The highest BCUT2D eigenvalue weighted by molar-refractivity contribution is 8.14. The van der Waals surface area contributed by atoms with Crippen molar-refractivity contribution in [2.24, 2.45) is 4.40 Å². The third-order valence-corrected chi connectivity index (χ3v) is 3.64. The van der Waals surface area contributed by atoms with Gasteiger partial charge >= 0.3 is 0 Å². The molecule has 0 aliphatic carbocycles. The number of benzene rings is 1. The van der Waals surface area contributed by atoms with Crippen LogP contribution in [-0.2, 0) is 10.5 Å². The second-order valence-electron chi connectivity index (χ2n) is 3.98. The Bertz CT molecular complexity index is 442. The number of hydrogen-bond acceptors (Lipinski definition) is 4. The van der Waals surface area contributed by atoms with Crippen molar-refractivity contribution in [3.8, 4) is 0 Å². The van der Waals surface area contributed by atoms with Gasteiger partial charge in [0.25, 0.3) is 0 Å². The molecule has 0 fully saturated rings. The highest BCUT2D eigenvalue weighted by Gasteiger charge is 1.99. The van der Waals surface area contributed by atoms with Crippen molar-refractivity contribution in [3.63, 3.8) is 0 Å². The average Bonchev–Trinajstić information content (AvgIpc) is 2.61. The van der Waals surface area contributed by atoms with E-state index in [1.807, 2.05) is 68.7 Å². The fourth-order valence-corrected chi connectivity index (χ4v) is 2.23. The summed E-state index contributed by atoms with van der Waals surface area (Å²) in [6.07, 6.45) is 9.46. The lowest BCUT2D eigenvalue weighted by molar-refractivity contribution is -0.108. The van der Waals surface area contributed by atoms with Crippen LogP contribution in [-0.4, -0.2) is 17.8 Å². The largest absolute Gasteiger partial charge is 0.307 e. The minimum absolute atomic E-state index is 0.640. The maximum absolute atomic E-state index is 10.3. The summed E-state index contributed by atoms with van der Waals surface area (Å²) in [4.78, 5) is 10.3. The van der Waals surface area contributed by atoms with E-state index in [2.05, 4.69) is 23.2 Å². The molecule has 1 N–H and O–H groups in total. The number of nitrogens with zero attached hydrogens (tertiary/aromatic N) is 1. The van der Waals surface area contributed by atoms with Crippen LogP contribution < -0.4 is 5.32 Å². The molecule has 0 saturated carbocycles. The predicted octanol–water partition coefficient (Wildman–Crippen LogP) is 5.46. The number of thioether (sulfide) groups is 1. The molecule has 0 radical (unpaired) electrons. The summed E-state index contributed by atoms with van der Waals surface area (Å²) >= 11 is 2.84. The lowest BCUT2D eigenvalue weighted by Gasteiger charge is -2.03. The topological polar surface area (TPSA) is 41.5 Å². The van der Waals surface area contributed by atoms with Gasteiger partial charge in [-0.25, -0.2) is 0 Å². The molecule has 0 aliphatic heterocycles. The van der Waals surface area contributed by atoms with E-state index in [9.17, 15) is 4.79 Å². The van der Waals surface area contributed by atoms with Gasteiger partial charge in [-0.3, -0.25) is 4.79 Å². The van der Waals surface area contributed by atoms with E-state index in [0.29, 0.717) is 11.6 Å². The molecule has 3 nitrogen and oxygen atoms in total. The van der Waals surface area contributed by atoms with Gasteiger partial charge in [-0.05, 0) is 37.8 Å².